The summed E-state index contributed by atoms with van der Waals surface area (Å²) < 4.78 is 49.3. The van der Waals surface area contributed by atoms with E-state index in [9.17, 15) is 22.4 Å². The lowest BCUT2D eigenvalue weighted by atomic mass is 10.1. The minimum Gasteiger partial charge on any atom is -0.298 e. The maximum atomic E-state index is 12.7. The summed E-state index contributed by atoms with van der Waals surface area (Å²) in [6.45, 7) is 0. The zero-order valence-electron chi connectivity index (χ0n) is 6.53. The number of aldehydes is 1. The molecule has 0 aliphatic rings. The van der Waals surface area contributed by atoms with Crippen molar-refractivity contribution in [3.8, 4) is 0 Å². The Kier molecular flexibility index (Phi) is 2.80. The standard InChI is InChI=1S/C8H3ClF4O/c9-7-4(3-14)5(8(11,12)13)1-2-6(7)10/h1-3H. The fourth-order valence-corrected chi connectivity index (χ4v) is 1.14. The summed E-state index contributed by atoms with van der Waals surface area (Å²) in [5, 5.41) is -0.810. The van der Waals surface area contributed by atoms with Crippen LogP contribution in [0.3, 0.4) is 0 Å². The highest BCUT2D eigenvalue weighted by atomic mass is 35.5. The Morgan fingerprint density at radius 3 is 2.29 bits per heavy atom. The summed E-state index contributed by atoms with van der Waals surface area (Å²) >= 11 is 5.20. The lowest BCUT2D eigenvalue weighted by molar-refractivity contribution is -0.137. The Balaban J connectivity index is 3.47. The second-order valence-electron chi connectivity index (χ2n) is 2.44. The minimum absolute atomic E-state index is 0.117. The number of rotatable bonds is 1. The lowest BCUT2D eigenvalue weighted by Crippen LogP contribution is -2.09. The Hall–Kier alpha value is -1.10. The largest absolute Gasteiger partial charge is 0.417 e. The van der Waals surface area contributed by atoms with Gasteiger partial charge >= 0.3 is 6.18 Å². The first-order valence-corrected chi connectivity index (χ1v) is 3.76. The molecule has 0 N–H and O–H groups in total. The van der Waals surface area contributed by atoms with Gasteiger partial charge in [0.25, 0.3) is 0 Å². The van der Waals surface area contributed by atoms with Gasteiger partial charge < -0.3 is 0 Å². The first kappa shape index (κ1) is 11.0. The monoisotopic (exact) mass is 226 g/mol. The summed E-state index contributed by atoms with van der Waals surface area (Å²) in [5.74, 6) is -1.05. The van der Waals surface area contributed by atoms with Crippen LogP contribution in [0.4, 0.5) is 17.6 Å². The van der Waals surface area contributed by atoms with Gasteiger partial charge in [-0.2, -0.15) is 13.2 Å². The van der Waals surface area contributed by atoms with E-state index >= 15 is 0 Å². The molecule has 0 unspecified atom stereocenters. The van der Waals surface area contributed by atoms with Gasteiger partial charge in [0, 0.05) is 5.56 Å². The predicted molar refractivity (Wildman–Crippen MR) is 41.8 cm³/mol. The van der Waals surface area contributed by atoms with Crippen molar-refractivity contribution in [2.24, 2.45) is 0 Å². The van der Waals surface area contributed by atoms with E-state index in [1.165, 1.54) is 0 Å². The van der Waals surface area contributed by atoms with Gasteiger partial charge in [-0.15, -0.1) is 0 Å². The third kappa shape index (κ3) is 1.87. The Morgan fingerprint density at radius 1 is 1.29 bits per heavy atom. The molecule has 0 saturated carbocycles. The van der Waals surface area contributed by atoms with Crippen LogP contribution in [-0.2, 0) is 6.18 Å². The van der Waals surface area contributed by atoms with Crippen molar-refractivity contribution in [3.05, 3.63) is 34.1 Å². The van der Waals surface area contributed by atoms with E-state index in [0.29, 0.717) is 12.1 Å². The molecule has 6 heteroatoms. The molecule has 14 heavy (non-hydrogen) atoms. The molecule has 0 saturated heterocycles. The molecule has 1 rings (SSSR count). The molecule has 1 aromatic rings. The number of alkyl halides is 3. The highest BCUT2D eigenvalue weighted by molar-refractivity contribution is 6.33. The molecule has 0 aliphatic heterocycles. The van der Waals surface area contributed by atoms with Gasteiger partial charge in [-0.3, -0.25) is 4.79 Å². The van der Waals surface area contributed by atoms with Crippen molar-refractivity contribution in [1.29, 1.82) is 0 Å². The molecule has 0 aromatic heterocycles. The topological polar surface area (TPSA) is 17.1 Å². The fraction of sp³-hybridized carbons (Fsp3) is 0.125. The molecule has 0 atom stereocenters. The van der Waals surface area contributed by atoms with E-state index in [1.807, 2.05) is 0 Å². The van der Waals surface area contributed by atoms with Crippen molar-refractivity contribution in [1.82, 2.24) is 0 Å². The molecule has 0 bridgehead atoms. The van der Waals surface area contributed by atoms with E-state index in [1.54, 1.807) is 0 Å². The van der Waals surface area contributed by atoms with E-state index in [4.69, 9.17) is 11.6 Å². The predicted octanol–water partition coefficient (Wildman–Crippen LogP) is 3.31. The average molecular weight is 227 g/mol. The molecule has 0 spiro atoms. The highest BCUT2D eigenvalue weighted by Gasteiger charge is 2.34. The fourth-order valence-electron chi connectivity index (χ4n) is 0.929. The Labute approximate surface area is 81.3 Å². The Bertz CT molecular complexity index is 372. The number of halogens is 5. The average Bonchev–Trinajstić information content (AvgIpc) is 2.07. The van der Waals surface area contributed by atoms with E-state index in [-0.39, 0.29) is 6.29 Å². The molecular weight excluding hydrogens is 224 g/mol. The minimum atomic E-state index is -4.71. The van der Waals surface area contributed by atoms with Crippen LogP contribution in [0.5, 0.6) is 0 Å². The maximum absolute atomic E-state index is 12.7. The first-order valence-electron chi connectivity index (χ1n) is 3.38. The van der Waals surface area contributed by atoms with Crippen molar-refractivity contribution in [2.75, 3.05) is 0 Å². The number of hydrogen-bond acceptors (Lipinski definition) is 1. The van der Waals surface area contributed by atoms with Crippen LogP contribution in [0.2, 0.25) is 5.02 Å². The van der Waals surface area contributed by atoms with E-state index in [2.05, 4.69) is 0 Å². The van der Waals surface area contributed by atoms with Crippen LogP contribution in [0.25, 0.3) is 0 Å². The van der Waals surface area contributed by atoms with Gasteiger partial charge in [-0.05, 0) is 12.1 Å². The molecule has 76 valence electrons. The van der Waals surface area contributed by atoms with Gasteiger partial charge in [0.2, 0.25) is 0 Å². The third-order valence-electron chi connectivity index (χ3n) is 1.56. The van der Waals surface area contributed by atoms with Crippen molar-refractivity contribution >= 4 is 17.9 Å². The summed E-state index contributed by atoms with van der Waals surface area (Å²) in [6, 6.07) is 1.04. The molecule has 1 nitrogen and oxygen atoms in total. The quantitative estimate of drug-likeness (QED) is 0.530. The molecule has 0 heterocycles. The molecule has 1 aromatic carbocycles. The third-order valence-corrected chi connectivity index (χ3v) is 1.94. The second kappa shape index (κ2) is 3.57. The van der Waals surface area contributed by atoms with Crippen molar-refractivity contribution < 1.29 is 22.4 Å². The van der Waals surface area contributed by atoms with Crippen molar-refractivity contribution in [3.63, 3.8) is 0 Å². The van der Waals surface area contributed by atoms with Gasteiger partial charge in [-0.25, -0.2) is 4.39 Å². The van der Waals surface area contributed by atoms with Gasteiger partial charge in [0.1, 0.15) is 5.82 Å². The number of carbonyl (C=O) groups is 1. The number of carbonyl (C=O) groups excluding carboxylic acids is 1. The van der Waals surface area contributed by atoms with Gasteiger partial charge in [-0.1, -0.05) is 11.6 Å². The Morgan fingerprint density at radius 2 is 1.86 bits per heavy atom. The van der Waals surface area contributed by atoms with Crippen LogP contribution >= 0.6 is 11.6 Å². The number of benzene rings is 1. The summed E-state index contributed by atoms with van der Waals surface area (Å²) in [4.78, 5) is 10.3. The molecule has 0 radical (unpaired) electrons. The van der Waals surface area contributed by atoms with E-state index in [0.717, 1.165) is 0 Å². The molecular formula is C8H3ClF4O. The zero-order valence-corrected chi connectivity index (χ0v) is 7.29. The summed E-state index contributed by atoms with van der Waals surface area (Å²) in [5.41, 5.74) is -2.11. The van der Waals surface area contributed by atoms with E-state index < -0.39 is 28.1 Å². The van der Waals surface area contributed by atoms with Crippen LogP contribution in [-0.4, -0.2) is 6.29 Å². The molecule has 0 aliphatic carbocycles. The smallest absolute Gasteiger partial charge is 0.298 e. The highest BCUT2D eigenvalue weighted by Crippen LogP contribution is 2.35. The number of hydrogen-bond donors (Lipinski definition) is 0. The SMILES string of the molecule is O=Cc1c(C(F)(F)F)ccc(F)c1Cl. The summed E-state index contributed by atoms with van der Waals surface area (Å²) in [7, 11) is 0. The van der Waals surface area contributed by atoms with Crippen LogP contribution in [0.1, 0.15) is 15.9 Å². The molecule has 0 fully saturated rings. The van der Waals surface area contributed by atoms with Crippen LogP contribution in [0.15, 0.2) is 12.1 Å². The first-order chi connectivity index (χ1) is 6.38. The lowest BCUT2D eigenvalue weighted by Gasteiger charge is -2.10. The van der Waals surface area contributed by atoms with Gasteiger partial charge in [0.15, 0.2) is 6.29 Å². The molecule has 0 amide bonds. The second-order valence-corrected chi connectivity index (χ2v) is 2.82. The van der Waals surface area contributed by atoms with Crippen molar-refractivity contribution in [2.45, 2.75) is 6.18 Å². The maximum Gasteiger partial charge on any atom is 0.417 e. The van der Waals surface area contributed by atoms with Crippen LogP contribution < -0.4 is 0 Å². The van der Waals surface area contributed by atoms with Crippen LogP contribution in [0, 0.1) is 5.82 Å². The normalized spacial score (nSPS) is 11.5. The summed E-state index contributed by atoms with van der Waals surface area (Å²) in [6.07, 6.45) is -4.83. The van der Waals surface area contributed by atoms with Gasteiger partial charge in [0.05, 0.1) is 10.6 Å². The zero-order chi connectivity index (χ0) is 10.9.